The van der Waals surface area contributed by atoms with Gasteiger partial charge >= 0.3 is 0 Å². The molecule has 0 aromatic heterocycles. The highest BCUT2D eigenvalue weighted by atomic mass is 127. The normalized spacial score (nSPS) is 10.8. The van der Waals surface area contributed by atoms with Crippen LogP contribution in [0.3, 0.4) is 0 Å². The van der Waals surface area contributed by atoms with Crippen molar-refractivity contribution < 1.29 is 14.3 Å². The lowest BCUT2D eigenvalue weighted by Crippen LogP contribution is -2.19. The van der Waals surface area contributed by atoms with E-state index < -0.39 is 0 Å². The summed E-state index contributed by atoms with van der Waals surface area (Å²) < 4.78 is 12.4. The summed E-state index contributed by atoms with van der Waals surface area (Å²) in [5, 5.41) is 4.09. The molecule has 5 nitrogen and oxygen atoms in total. The minimum atomic E-state index is -0.163. The van der Waals surface area contributed by atoms with Gasteiger partial charge in [0.15, 0.2) is 11.5 Å². The Bertz CT molecular complexity index is 1080. The topological polar surface area (TPSA) is 59.9 Å². The van der Waals surface area contributed by atoms with E-state index in [4.69, 9.17) is 9.47 Å². The lowest BCUT2D eigenvalue weighted by atomic mass is 10.0. The number of amides is 1. The summed E-state index contributed by atoms with van der Waals surface area (Å²) in [4.78, 5) is 12.2. The van der Waals surface area contributed by atoms with Crippen LogP contribution in [0.1, 0.15) is 27.8 Å². The van der Waals surface area contributed by atoms with Crippen LogP contribution in [-0.4, -0.2) is 19.2 Å². The lowest BCUT2D eigenvalue weighted by molar-refractivity contribution is -0.120. The van der Waals surface area contributed by atoms with E-state index in [1.54, 1.807) is 13.3 Å². The first kappa shape index (κ1) is 22.8. The molecule has 0 aliphatic heterocycles. The fraction of sp³-hybridized carbons (Fsp3) is 0.200. The molecule has 1 amide bonds. The van der Waals surface area contributed by atoms with Crippen molar-refractivity contribution in [2.45, 2.75) is 26.9 Å². The number of benzene rings is 3. The van der Waals surface area contributed by atoms with Gasteiger partial charge in [0.05, 0.1) is 23.3 Å². The summed E-state index contributed by atoms with van der Waals surface area (Å²) in [6.45, 7) is 4.55. The van der Waals surface area contributed by atoms with E-state index in [9.17, 15) is 4.79 Å². The minimum absolute atomic E-state index is 0.163. The van der Waals surface area contributed by atoms with Crippen LogP contribution in [-0.2, 0) is 17.8 Å². The first-order valence-electron chi connectivity index (χ1n) is 9.88. The zero-order valence-corrected chi connectivity index (χ0v) is 20.0. The molecule has 0 saturated heterocycles. The summed E-state index contributed by atoms with van der Waals surface area (Å²) in [5.41, 5.74) is 7.82. The van der Waals surface area contributed by atoms with Crippen molar-refractivity contribution >= 4 is 34.7 Å². The second-order valence-electron chi connectivity index (χ2n) is 7.20. The number of hydrazone groups is 1. The Morgan fingerprint density at radius 3 is 2.52 bits per heavy atom. The molecule has 0 atom stereocenters. The third-order valence-corrected chi connectivity index (χ3v) is 5.62. The molecule has 0 unspecified atom stereocenters. The van der Waals surface area contributed by atoms with Gasteiger partial charge in [-0.05, 0) is 76.4 Å². The molecule has 0 aliphatic carbocycles. The van der Waals surface area contributed by atoms with Gasteiger partial charge < -0.3 is 9.47 Å². The molecule has 0 bridgehead atoms. The number of halogens is 1. The Balaban J connectivity index is 1.62. The smallest absolute Gasteiger partial charge is 0.244 e. The van der Waals surface area contributed by atoms with Crippen LogP contribution < -0.4 is 14.9 Å². The highest BCUT2D eigenvalue weighted by Crippen LogP contribution is 2.34. The number of rotatable bonds is 8. The quantitative estimate of drug-likeness (QED) is 0.249. The number of hydrogen-bond acceptors (Lipinski definition) is 4. The minimum Gasteiger partial charge on any atom is -0.493 e. The predicted molar refractivity (Wildman–Crippen MR) is 132 cm³/mol. The molecule has 3 aromatic carbocycles. The second kappa shape index (κ2) is 10.9. The molecule has 3 aromatic rings. The van der Waals surface area contributed by atoms with Gasteiger partial charge in [-0.15, -0.1) is 0 Å². The van der Waals surface area contributed by atoms with E-state index in [0.717, 1.165) is 20.3 Å². The van der Waals surface area contributed by atoms with Gasteiger partial charge in [-0.2, -0.15) is 5.10 Å². The fourth-order valence-electron chi connectivity index (χ4n) is 3.00. The van der Waals surface area contributed by atoms with Crippen molar-refractivity contribution in [2.24, 2.45) is 5.10 Å². The number of methoxy groups -OCH3 is 1. The molecule has 0 fully saturated rings. The third-order valence-electron chi connectivity index (χ3n) is 4.82. The standard InChI is InChI=1S/C25H25IN2O3/c1-17-9-10-20(11-18(17)2)14-24(29)28-27-15-21-12-22(26)25(23(13-21)30-3)31-16-19-7-5-4-6-8-19/h4-13,15H,14,16H2,1-3H3,(H,28,29)/b27-15-. The SMILES string of the molecule is COc1cc(/C=N\NC(=O)Cc2ccc(C)c(C)c2)cc(I)c1OCc1ccccc1. The molecule has 3 rings (SSSR count). The monoisotopic (exact) mass is 528 g/mol. The van der Waals surface area contributed by atoms with Crippen LogP contribution in [0.25, 0.3) is 0 Å². The molecule has 0 radical (unpaired) electrons. The van der Waals surface area contributed by atoms with Gasteiger partial charge in [0.1, 0.15) is 6.61 Å². The van der Waals surface area contributed by atoms with E-state index in [1.807, 2.05) is 67.6 Å². The second-order valence-corrected chi connectivity index (χ2v) is 8.36. The van der Waals surface area contributed by atoms with Crippen LogP contribution in [0.15, 0.2) is 65.8 Å². The largest absolute Gasteiger partial charge is 0.493 e. The summed E-state index contributed by atoms with van der Waals surface area (Å²) in [6.07, 6.45) is 1.88. The highest BCUT2D eigenvalue weighted by Gasteiger charge is 2.11. The van der Waals surface area contributed by atoms with Crippen LogP contribution in [0.2, 0.25) is 0 Å². The maximum absolute atomic E-state index is 12.2. The number of nitrogens with zero attached hydrogens (tertiary/aromatic N) is 1. The summed E-state index contributed by atoms with van der Waals surface area (Å²) in [5.74, 6) is 1.14. The lowest BCUT2D eigenvalue weighted by Gasteiger charge is -2.13. The van der Waals surface area contributed by atoms with Crippen molar-refractivity contribution in [3.8, 4) is 11.5 Å². The summed E-state index contributed by atoms with van der Waals surface area (Å²) in [7, 11) is 1.60. The zero-order valence-electron chi connectivity index (χ0n) is 17.8. The van der Waals surface area contributed by atoms with Gasteiger partial charge in [-0.25, -0.2) is 5.43 Å². The zero-order chi connectivity index (χ0) is 22.2. The molecule has 0 aliphatic rings. The van der Waals surface area contributed by atoms with E-state index in [2.05, 4.69) is 40.0 Å². The average Bonchev–Trinajstić information content (AvgIpc) is 2.76. The predicted octanol–water partition coefficient (Wildman–Crippen LogP) is 5.19. The van der Waals surface area contributed by atoms with Crippen molar-refractivity contribution in [1.29, 1.82) is 0 Å². The number of aryl methyl sites for hydroxylation is 2. The number of nitrogens with one attached hydrogen (secondary N) is 1. The highest BCUT2D eigenvalue weighted by molar-refractivity contribution is 14.1. The Morgan fingerprint density at radius 2 is 1.81 bits per heavy atom. The number of ether oxygens (including phenoxy) is 2. The molecule has 0 spiro atoms. The van der Waals surface area contributed by atoms with E-state index in [-0.39, 0.29) is 12.3 Å². The molecular formula is C25H25IN2O3. The molecular weight excluding hydrogens is 503 g/mol. The molecule has 1 N–H and O–H groups in total. The maximum Gasteiger partial charge on any atom is 0.244 e. The van der Waals surface area contributed by atoms with Crippen LogP contribution in [0.5, 0.6) is 11.5 Å². The number of carbonyl (C=O) groups is 1. The molecule has 6 heteroatoms. The Kier molecular flexibility index (Phi) is 8.06. The van der Waals surface area contributed by atoms with Crippen molar-refractivity contribution in [3.05, 3.63) is 92.1 Å². The number of carbonyl (C=O) groups excluding carboxylic acids is 1. The molecule has 0 heterocycles. The van der Waals surface area contributed by atoms with Gasteiger partial charge in [-0.1, -0.05) is 48.5 Å². The van der Waals surface area contributed by atoms with Crippen LogP contribution >= 0.6 is 22.6 Å². The Morgan fingerprint density at radius 1 is 1.03 bits per heavy atom. The van der Waals surface area contributed by atoms with E-state index >= 15 is 0 Å². The van der Waals surface area contributed by atoms with Crippen LogP contribution in [0, 0.1) is 17.4 Å². The molecule has 31 heavy (non-hydrogen) atoms. The summed E-state index contributed by atoms with van der Waals surface area (Å²) in [6, 6.07) is 19.8. The van der Waals surface area contributed by atoms with Gasteiger partial charge in [0.25, 0.3) is 0 Å². The average molecular weight is 528 g/mol. The van der Waals surface area contributed by atoms with Gasteiger partial charge in [0.2, 0.25) is 5.91 Å². The maximum atomic E-state index is 12.2. The fourth-order valence-corrected chi connectivity index (χ4v) is 3.78. The van der Waals surface area contributed by atoms with E-state index in [1.165, 1.54) is 11.1 Å². The Labute approximate surface area is 196 Å². The van der Waals surface area contributed by atoms with Crippen molar-refractivity contribution in [3.63, 3.8) is 0 Å². The Hall–Kier alpha value is -2.87. The van der Waals surface area contributed by atoms with E-state index in [0.29, 0.717) is 18.1 Å². The first-order chi connectivity index (χ1) is 15.0. The van der Waals surface area contributed by atoms with Crippen molar-refractivity contribution in [2.75, 3.05) is 7.11 Å². The molecule has 160 valence electrons. The summed E-state index contributed by atoms with van der Waals surface area (Å²) >= 11 is 2.21. The van der Waals surface area contributed by atoms with Gasteiger partial charge in [-0.3, -0.25) is 4.79 Å². The third kappa shape index (κ3) is 6.55. The van der Waals surface area contributed by atoms with Crippen LogP contribution in [0.4, 0.5) is 0 Å². The number of hydrogen-bond donors (Lipinski definition) is 1. The van der Waals surface area contributed by atoms with Crippen molar-refractivity contribution in [1.82, 2.24) is 5.43 Å². The molecule has 0 saturated carbocycles. The first-order valence-corrected chi connectivity index (χ1v) is 11.0. The van der Waals surface area contributed by atoms with Gasteiger partial charge in [0, 0.05) is 0 Å².